The van der Waals surface area contributed by atoms with Crippen LogP contribution in [-0.4, -0.2) is 12.7 Å². The highest BCUT2D eigenvalue weighted by Crippen LogP contribution is 2.32. The van der Waals surface area contributed by atoms with Gasteiger partial charge in [0.2, 0.25) is 6.79 Å². The van der Waals surface area contributed by atoms with Crippen LogP contribution in [0.4, 0.5) is 0 Å². The molecular formula is C18H12ClNO5. The summed E-state index contributed by atoms with van der Waals surface area (Å²) in [6, 6.07) is 11.2. The molecule has 0 radical (unpaired) electrons. The molecule has 25 heavy (non-hydrogen) atoms. The van der Waals surface area contributed by atoms with E-state index in [-0.39, 0.29) is 24.5 Å². The summed E-state index contributed by atoms with van der Waals surface area (Å²) in [5.74, 6) is 0.780. The highest BCUT2D eigenvalue weighted by atomic mass is 35.5. The van der Waals surface area contributed by atoms with Crippen molar-refractivity contribution in [2.24, 2.45) is 0 Å². The van der Waals surface area contributed by atoms with E-state index < -0.39 is 5.91 Å². The van der Waals surface area contributed by atoms with Crippen molar-refractivity contribution in [2.45, 2.75) is 6.54 Å². The summed E-state index contributed by atoms with van der Waals surface area (Å²) in [7, 11) is 0. The maximum atomic E-state index is 12.3. The third-order valence-corrected chi connectivity index (χ3v) is 4.04. The molecule has 0 aliphatic carbocycles. The molecule has 126 valence electrons. The lowest BCUT2D eigenvalue weighted by Gasteiger charge is -2.06. The predicted octanol–water partition coefficient (Wildman–Crippen LogP) is 3.11. The Kier molecular flexibility index (Phi) is 3.82. The molecule has 2 aromatic carbocycles. The van der Waals surface area contributed by atoms with E-state index in [0.29, 0.717) is 27.5 Å². The lowest BCUT2D eigenvalue weighted by molar-refractivity contribution is 0.0923. The average molecular weight is 358 g/mol. The molecule has 1 aliphatic rings. The molecule has 6 nitrogen and oxygen atoms in total. The van der Waals surface area contributed by atoms with Crippen molar-refractivity contribution in [2.75, 3.05) is 6.79 Å². The van der Waals surface area contributed by atoms with Gasteiger partial charge in [-0.2, -0.15) is 0 Å². The number of amides is 1. The first-order valence-electron chi connectivity index (χ1n) is 7.50. The Morgan fingerprint density at radius 2 is 1.92 bits per heavy atom. The largest absolute Gasteiger partial charge is 0.454 e. The molecule has 0 spiro atoms. The Bertz CT molecular complexity index is 1040. The number of fused-ring (bicyclic) bond motifs is 2. The van der Waals surface area contributed by atoms with Crippen LogP contribution in [0, 0.1) is 0 Å². The maximum absolute atomic E-state index is 12.3. The molecule has 3 aromatic rings. The van der Waals surface area contributed by atoms with Crippen molar-refractivity contribution < 1.29 is 18.7 Å². The van der Waals surface area contributed by atoms with Gasteiger partial charge in [0, 0.05) is 17.6 Å². The van der Waals surface area contributed by atoms with Crippen molar-refractivity contribution in [3.8, 4) is 11.5 Å². The van der Waals surface area contributed by atoms with Crippen molar-refractivity contribution in [1.82, 2.24) is 5.32 Å². The summed E-state index contributed by atoms with van der Waals surface area (Å²) in [5, 5.41) is 3.48. The van der Waals surface area contributed by atoms with Crippen molar-refractivity contribution in [3.05, 3.63) is 69.0 Å². The zero-order valence-electron chi connectivity index (χ0n) is 12.9. The molecule has 4 rings (SSSR count). The minimum absolute atomic E-state index is 0.0550. The van der Waals surface area contributed by atoms with Crippen LogP contribution >= 0.6 is 11.6 Å². The standard InChI is InChI=1S/C18H12ClNO5/c19-11-2-4-14-12(6-11)13(21)7-17(25-14)18(22)20-8-10-1-3-15-16(5-10)24-9-23-15/h1-7H,8-9H2,(H,20,22). The van der Waals surface area contributed by atoms with E-state index in [0.717, 1.165) is 11.6 Å². The zero-order valence-corrected chi connectivity index (χ0v) is 13.6. The van der Waals surface area contributed by atoms with Gasteiger partial charge >= 0.3 is 0 Å². The fourth-order valence-corrected chi connectivity index (χ4v) is 2.73. The van der Waals surface area contributed by atoms with Gasteiger partial charge in [0.1, 0.15) is 5.58 Å². The van der Waals surface area contributed by atoms with E-state index in [9.17, 15) is 9.59 Å². The molecule has 1 aliphatic heterocycles. The van der Waals surface area contributed by atoms with Crippen LogP contribution < -0.4 is 20.2 Å². The Labute approximate surface area is 146 Å². The fraction of sp³-hybridized carbons (Fsp3) is 0.111. The SMILES string of the molecule is O=C(NCc1ccc2c(c1)OCO2)c1cc(=O)c2cc(Cl)ccc2o1. The molecule has 7 heteroatoms. The van der Waals surface area contributed by atoms with E-state index in [1.54, 1.807) is 24.3 Å². The van der Waals surface area contributed by atoms with Gasteiger partial charge in [-0.1, -0.05) is 17.7 Å². The molecule has 2 heterocycles. The van der Waals surface area contributed by atoms with Crippen LogP contribution in [0.5, 0.6) is 11.5 Å². The van der Waals surface area contributed by atoms with Crippen molar-refractivity contribution >= 4 is 28.5 Å². The van der Waals surface area contributed by atoms with Crippen LogP contribution in [0.2, 0.25) is 5.02 Å². The first-order valence-corrected chi connectivity index (χ1v) is 7.88. The number of hydrogen-bond acceptors (Lipinski definition) is 5. The summed E-state index contributed by atoms with van der Waals surface area (Å²) in [5.41, 5.74) is 0.828. The lowest BCUT2D eigenvalue weighted by atomic mass is 10.2. The predicted molar refractivity (Wildman–Crippen MR) is 91.2 cm³/mol. The number of nitrogens with one attached hydrogen (secondary N) is 1. The van der Waals surface area contributed by atoms with Gasteiger partial charge in [0.25, 0.3) is 5.91 Å². The Morgan fingerprint density at radius 3 is 2.80 bits per heavy atom. The van der Waals surface area contributed by atoms with Gasteiger partial charge < -0.3 is 19.2 Å². The Morgan fingerprint density at radius 1 is 1.08 bits per heavy atom. The molecule has 1 amide bonds. The number of benzene rings is 2. The number of rotatable bonds is 3. The topological polar surface area (TPSA) is 77.8 Å². The summed E-state index contributed by atoms with van der Waals surface area (Å²) < 4.78 is 16.0. The highest BCUT2D eigenvalue weighted by Gasteiger charge is 2.15. The van der Waals surface area contributed by atoms with Gasteiger partial charge in [-0.05, 0) is 35.9 Å². The second kappa shape index (κ2) is 6.14. The van der Waals surface area contributed by atoms with Gasteiger partial charge in [-0.25, -0.2) is 0 Å². The number of carbonyl (C=O) groups excluding carboxylic acids is 1. The van der Waals surface area contributed by atoms with Gasteiger partial charge in [0.05, 0.1) is 5.39 Å². The van der Waals surface area contributed by atoms with Crippen molar-refractivity contribution in [3.63, 3.8) is 0 Å². The fourth-order valence-electron chi connectivity index (χ4n) is 2.56. The first-order chi connectivity index (χ1) is 12.1. The quantitative estimate of drug-likeness (QED) is 0.779. The molecule has 0 fully saturated rings. The van der Waals surface area contributed by atoms with E-state index in [4.69, 9.17) is 25.5 Å². The molecular weight excluding hydrogens is 346 g/mol. The smallest absolute Gasteiger partial charge is 0.287 e. The summed E-state index contributed by atoms with van der Waals surface area (Å²) >= 11 is 5.87. The van der Waals surface area contributed by atoms with Gasteiger partial charge in [-0.3, -0.25) is 9.59 Å². The highest BCUT2D eigenvalue weighted by molar-refractivity contribution is 6.31. The van der Waals surface area contributed by atoms with Crippen LogP contribution in [0.25, 0.3) is 11.0 Å². The van der Waals surface area contributed by atoms with Crippen LogP contribution in [0.15, 0.2) is 51.7 Å². The molecule has 1 aromatic heterocycles. The van der Waals surface area contributed by atoms with E-state index in [1.807, 2.05) is 6.07 Å². The molecule has 1 N–H and O–H groups in total. The van der Waals surface area contributed by atoms with Crippen molar-refractivity contribution in [1.29, 1.82) is 0 Å². The molecule has 0 atom stereocenters. The lowest BCUT2D eigenvalue weighted by Crippen LogP contribution is -2.24. The third-order valence-electron chi connectivity index (χ3n) is 3.80. The third kappa shape index (κ3) is 3.04. The average Bonchev–Trinajstić information content (AvgIpc) is 3.08. The van der Waals surface area contributed by atoms with Gasteiger partial charge in [-0.15, -0.1) is 0 Å². The Balaban J connectivity index is 1.54. The monoisotopic (exact) mass is 357 g/mol. The van der Waals surface area contributed by atoms with E-state index >= 15 is 0 Å². The second-order valence-electron chi connectivity index (χ2n) is 5.49. The normalized spacial score (nSPS) is 12.4. The molecule has 0 saturated heterocycles. The molecule has 0 saturated carbocycles. The maximum Gasteiger partial charge on any atom is 0.287 e. The Hall–Kier alpha value is -2.99. The van der Waals surface area contributed by atoms with Crippen LogP contribution in [0.1, 0.15) is 16.1 Å². The first kappa shape index (κ1) is 15.5. The van der Waals surface area contributed by atoms with Gasteiger partial charge in [0.15, 0.2) is 22.7 Å². The number of ether oxygens (including phenoxy) is 2. The number of halogens is 1. The second-order valence-corrected chi connectivity index (χ2v) is 5.92. The zero-order chi connectivity index (χ0) is 17.4. The van der Waals surface area contributed by atoms with Crippen LogP contribution in [0.3, 0.4) is 0 Å². The van der Waals surface area contributed by atoms with E-state index in [2.05, 4.69) is 5.32 Å². The minimum atomic E-state index is -0.480. The summed E-state index contributed by atoms with van der Waals surface area (Å²) in [4.78, 5) is 24.4. The number of carbonyl (C=O) groups is 1. The molecule has 0 unspecified atom stereocenters. The minimum Gasteiger partial charge on any atom is -0.454 e. The summed E-state index contributed by atoms with van der Waals surface area (Å²) in [6.07, 6.45) is 0. The molecule has 0 bridgehead atoms. The van der Waals surface area contributed by atoms with Crippen LogP contribution in [-0.2, 0) is 6.54 Å². The van der Waals surface area contributed by atoms with E-state index in [1.165, 1.54) is 6.07 Å². The number of hydrogen-bond donors (Lipinski definition) is 1. The summed E-state index contributed by atoms with van der Waals surface area (Å²) in [6.45, 7) is 0.454.